The van der Waals surface area contributed by atoms with Crippen LogP contribution in [0.5, 0.6) is 0 Å². The summed E-state index contributed by atoms with van der Waals surface area (Å²) in [5.41, 5.74) is 0.753. The molecule has 2 rings (SSSR count). The summed E-state index contributed by atoms with van der Waals surface area (Å²) in [6.45, 7) is 1.47. The van der Waals surface area contributed by atoms with Crippen molar-refractivity contribution in [1.82, 2.24) is 0 Å². The van der Waals surface area contributed by atoms with Crippen LogP contribution in [0.25, 0.3) is 0 Å². The second-order valence-electron chi connectivity index (χ2n) is 3.88. The molecule has 0 bridgehead atoms. The lowest BCUT2D eigenvalue weighted by atomic mass is 10.1. The highest BCUT2D eigenvalue weighted by Crippen LogP contribution is 2.33. The highest BCUT2D eigenvalue weighted by molar-refractivity contribution is 7.99. The first kappa shape index (κ1) is 13.8. The summed E-state index contributed by atoms with van der Waals surface area (Å²) in [5, 5.41) is 3.51. The summed E-state index contributed by atoms with van der Waals surface area (Å²) in [4.78, 5) is 23.9. The number of hydrogen-bond acceptors (Lipinski definition) is 4. The summed E-state index contributed by atoms with van der Waals surface area (Å²) in [5.74, 6) is -0.0954. The van der Waals surface area contributed by atoms with Gasteiger partial charge in [0, 0.05) is 20.4 Å². The highest BCUT2D eigenvalue weighted by Gasteiger charge is 2.10. The van der Waals surface area contributed by atoms with Gasteiger partial charge >= 0.3 is 0 Å². The Morgan fingerprint density at radius 1 is 1.16 bits per heavy atom. The molecule has 0 aliphatic rings. The quantitative estimate of drug-likeness (QED) is 0.582. The average molecular weight is 292 g/mol. The fraction of sp³-hybridized carbons (Fsp3) is 0.0714. The summed E-state index contributed by atoms with van der Waals surface area (Å²) >= 11 is 7.27. The summed E-state index contributed by atoms with van der Waals surface area (Å²) in [7, 11) is 0. The van der Waals surface area contributed by atoms with Crippen LogP contribution < -0.4 is 0 Å². The molecule has 0 saturated carbocycles. The molecule has 3 nitrogen and oxygen atoms in total. The number of Topliss-reactive ketones (excluding diaryl/α,β-unsaturated/α-hetero) is 1. The predicted molar refractivity (Wildman–Crippen MR) is 77.5 cm³/mol. The number of nitrogens with zero attached hydrogens (tertiary/aromatic N) is 1. The van der Waals surface area contributed by atoms with Crippen LogP contribution >= 0.6 is 23.4 Å². The fourth-order valence-corrected chi connectivity index (χ4v) is 2.67. The van der Waals surface area contributed by atoms with Gasteiger partial charge in [0.25, 0.3) is 0 Å². The number of nitroso groups, excluding NO2 is 1. The zero-order chi connectivity index (χ0) is 13.8. The number of carbonyl (C=O) groups is 1. The summed E-state index contributed by atoms with van der Waals surface area (Å²) < 4.78 is 0. The van der Waals surface area contributed by atoms with Crippen LogP contribution in [0.3, 0.4) is 0 Å². The third-order valence-corrected chi connectivity index (χ3v) is 3.83. The van der Waals surface area contributed by atoms with Gasteiger partial charge in [-0.05, 0) is 54.6 Å². The first-order valence-corrected chi connectivity index (χ1v) is 6.71. The first-order chi connectivity index (χ1) is 9.10. The molecule has 0 unspecified atom stereocenters. The molecule has 0 aromatic heterocycles. The van der Waals surface area contributed by atoms with Crippen molar-refractivity contribution < 1.29 is 4.79 Å². The molecule has 2 aromatic rings. The first-order valence-electron chi connectivity index (χ1n) is 5.52. The van der Waals surface area contributed by atoms with E-state index in [1.807, 2.05) is 12.1 Å². The molecule has 0 heterocycles. The van der Waals surface area contributed by atoms with Gasteiger partial charge in [0.05, 0.1) is 0 Å². The third kappa shape index (κ3) is 3.43. The Labute approximate surface area is 120 Å². The summed E-state index contributed by atoms with van der Waals surface area (Å²) in [6, 6.07) is 12.2. The minimum atomic E-state index is -0.0954. The molecule has 0 aliphatic carbocycles. The number of rotatable bonds is 4. The fourth-order valence-electron chi connectivity index (χ4n) is 1.57. The van der Waals surface area contributed by atoms with Crippen molar-refractivity contribution in [3.8, 4) is 0 Å². The third-order valence-electron chi connectivity index (χ3n) is 2.49. The maximum Gasteiger partial charge on any atom is 0.161 e. The molecule has 96 valence electrons. The van der Waals surface area contributed by atoms with E-state index < -0.39 is 0 Å². The molecule has 0 radical (unpaired) electrons. The number of halogens is 1. The van der Waals surface area contributed by atoms with E-state index in [1.54, 1.807) is 24.3 Å². The molecule has 5 heteroatoms. The van der Waals surface area contributed by atoms with Gasteiger partial charge in [-0.2, -0.15) is 0 Å². The van der Waals surface area contributed by atoms with Crippen LogP contribution in [-0.2, 0) is 0 Å². The maximum absolute atomic E-state index is 11.6. The Morgan fingerprint density at radius 3 is 2.42 bits per heavy atom. The van der Waals surface area contributed by atoms with Crippen molar-refractivity contribution in [2.75, 3.05) is 0 Å². The molecule has 2 aromatic carbocycles. The van der Waals surface area contributed by atoms with Gasteiger partial charge in [-0.1, -0.05) is 23.4 Å². The van der Waals surface area contributed by atoms with Crippen LogP contribution in [0, 0.1) is 4.91 Å². The van der Waals surface area contributed by atoms with Gasteiger partial charge in [0.15, 0.2) is 5.78 Å². The van der Waals surface area contributed by atoms with Crippen LogP contribution in [0.15, 0.2) is 57.4 Å². The second-order valence-corrected chi connectivity index (χ2v) is 5.44. The van der Waals surface area contributed by atoms with E-state index in [0.29, 0.717) is 10.6 Å². The zero-order valence-electron chi connectivity index (χ0n) is 10.1. The standard InChI is InChI=1S/C14H10ClNO2S/c1-9(17)13-8-11(16-18)4-7-14(13)19-12-5-2-10(15)3-6-12/h2-8H,1H3. The van der Waals surface area contributed by atoms with E-state index in [0.717, 1.165) is 9.79 Å². The van der Waals surface area contributed by atoms with Crippen molar-refractivity contribution in [2.45, 2.75) is 16.7 Å². The topological polar surface area (TPSA) is 46.5 Å². The molecule has 0 atom stereocenters. The van der Waals surface area contributed by atoms with Gasteiger partial charge in [-0.25, -0.2) is 0 Å². The normalized spacial score (nSPS) is 10.2. The van der Waals surface area contributed by atoms with Gasteiger partial charge in [0.1, 0.15) is 5.69 Å². The smallest absolute Gasteiger partial charge is 0.161 e. The van der Waals surface area contributed by atoms with E-state index >= 15 is 0 Å². The van der Waals surface area contributed by atoms with Crippen molar-refractivity contribution >= 4 is 34.8 Å². The van der Waals surface area contributed by atoms with Crippen molar-refractivity contribution in [1.29, 1.82) is 0 Å². The minimum absolute atomic E-state index is 0.0954. The van der Waals surface area contributed by atoms with Gasteiger partial charge < -0.3 is 0 Å². The number of hydrogen-bond donors (Lipinski definition) is 0. The monoisotopic (exact) mass is 291 g/mol. The SMILES string of the molecule is CC(=O)c1cc(N=O)ccc1Sc1ccc(Cl)cc1. The van der Waals surface area contributed by atoms with E-state index in [9.17, 15) is 9.70 Å². The molecule has 0 amide bonds. The Kier molecular flexibility index (Phi) is 4.35. The van der Waals surface area contributed by atoms with E-state index in [4.69, 9.17) is 11.6 Å². The van der Waals surface area contributed by atoms with E-state index in [2.05, 4.69) is 5.18 Å². The second kappa shape index (κ2) is 5.99. The molecular formula is C14H10ClNO2S. The Hall–Kier alpha value is -1.65. The van der Waals surface area contributed by atoms with Gasteiger partial charge in [0.2, 0.25) is 0 Å². The lowest BCUT2D eigenvalue weighted by molar-refractivity contribution is 0.101. The van der Waals surface area contributed by atoms with Crippen LogP contribution in [0.4, 0.5) is 5.69 Å². The average Bonchev–Trinajstić information content (AvgIpc) is 2.41. The Morgan fingerprint density at radius 2 is 1.84 bits per heavy atom. The van der Waals surface area contributed by atoms with Crippen LogP contribution in [0.2, 0.25) is 5.02 Å². The molecular weight excluding hydrogens is 282 g/mol. The predicted octanol–water partition coefficient (Wildman–Crippen LogP) is 5.09. The number of ketones is 1. The van der Waals surface area contributed by atoms with Gasteiger partial charge in [-0.15, -0.1) is 4.91 Å². The van der Waals surface area contributed by atoms with Crippen LogP contribution in [-0.4, -0.2) is 5.78 Å². The number of carbonyl (C=O) groups excluding carboxylic acids is 1. The molecule has 0 aliphatic heterocycles. The molecule has 0 fully saturated rings. The molecule has 0 spiro atoms. The maximum atomic E-state index is 11.6. The van der Waals surface area contributed by atoms with E-state index in [1.165, 1.54) is 24.8 Å². The minimum Gasteiger partial charge on any atom is -0.294 e. The Balaban J connectivity index is 2.36. The van der Waals surface area contributed by atoms with Crippen LogP contribution in [0.1, 0.15) is 17.3 Å². The zero-order valence-corrected chi connectivity index (χ0v) is 11.7. The lowest BCUT2D eigenvalue weighted by Crippen LogP contribution is -1.94. The highest BCUT2D eigenvalue weighted by atomic mass is 35.5. The molecule has 19 heavy (non-hydrogen) atoms. The number of benzene rings is 2. The van der Waals surface area contributed by atoms with E-state index in [-0.39, 0.29) is 11.5 Å². The molecule has 0 N–H and O–H groups in total. The molecule has 0 saturated heterocycles. The van der Waals surface area contributed by atoms with Gasteiger partial charge in [-0.3, -0.25) is 4.79 Å². The Bertz CT molecular complexity index is 626. The summed E-state index contributed by atoms with van der Waals surface area (Å²) in [6.07, 6.45) is 0. The lowest BCUT2D eigenvalue weighted by Gasteiger charge is -2.07. The largest absolute Gasteiger partial charge is 0.294 e. The van der Waals surface area contributed by atoms with Crippen molar-refractivity contribution in [2.24, 2.45) is 5.18 Å². The van der Waals surface area contributed by atoms with Crippen molar-refractivity contribution in [3.63, 3.8) is 0 Å². The van der Waals surface area contributed by atoms with Crippen molar-refractivity contribution in [3.05, 3.63) is 58.0 Å².